The van der Waals surface area contributed by atoms with Gasteiger partial charge < -0.3 is 10.1 Å². The van der Waals surface area contributed by atoms with Gasteiger partial charge in [-0.2, -0.15) is 0 Å². The van der Waals surface area contributed by atoms with Crippen molar-refractivity contribution >= 4 is 21.8 Å². The van der Waals surface area contributed by atoms with Crippen LogP contribution in [0.3, 0.4) is 0 Å². The van der Waals surface area contributed by atoms with E-state index in [0.29, 0.717) is 17.4 Å². The molecule has 2 rings (SSSR count). The third kappa shape index (κ3) is 2.86. The van der Waals surface area contributed by atoms with Crippen LogP contribution in [0.15, 0.2) is 16.6 Å². The number of nitrogens with one attached hydrogen (secondary N) is 1. The lowest BCUT2D eigenvalue weighted by Gasteiger charge is -2.15. The highest BCUT2D eigenvalue weighted by Crippen LogP contribution is 2.30. The second-order valence-corrected chi connectivity index (χ2v) is 5.64. The molecule has 18 heavy (non-hydrogen) atoms. The predicted octanol–water partition coefficient (Wildman–Crippen LogP) is 3.44. The Bertz CT molecular complexity index is 453. The molecule has 0 unspecified atom stereocenters. The van der Waals surface area contributed by atoms with Crippen LogP contribution in [0.5, 0.6) is 5.75 Å². The molecule has 1 aliphatic rings. The van der Waals surface area contributed by atoms with E-state index in [1.165, 1.54) is 12.8 Å². The topological polar surface area (TPSA) is 38.3 Å². The second-order valence-electron chi connectivity index (χ2n) is 4.78. The Morgan fingerprint density at radius 3 is 2.67 bits per heavy atom. The molecule has 0 atom stereocenters. The van der Waals surface area contributed by atoms with E-state index >= 15 is 0 Å². The summed E-state index contributed by atoms with van der Waals surface area (Å²) in [6, 6.07) is 4.14. The summed E-state index contributed by atoms with van der Waals surface area (Å²) < 4.78 is 6.13. The lowest BCUT2D eigenvalue weighted by Crippen LogP contribution is -2.32. The van der Waals surface area contributed by atoms with Crippen LogP contribution >= 0.6 is 15.9 Å². The van der Waals surface area contributed by atoms with Crippen LogP contribution in [-0.2, 0) is 0 Å². The largest absolute Gasteiger partial charge is 0.495 e. The maximum absolute atomic E-state index is 12.3. The Morgan fingerprint density at radius 1 is 1.39 bits per heavy atom. The Hall–Kier alpha value is -1.03. The first kappa shape index (κ1) is 13.4. The number of rotatable bonds is 3. The molecular weight excluding hydrogens is 294 g/mol. The minimum absolute atomic E-state index is 0.0387. The summed E-state index contributed by atoms with van der Waals surface area (Å²) in [7, 11) is 1.59. The van der Waals surface area contributed by atoms with Gasteiger partial charge in [-0.25, -0.2) is 0 Å². The summed E-state index contributed by atoms with van der Waals surface area (Å²) in [5, 5.41) is 3.08. The number of benzene rings is 1. The monoisotopic (exact) mass is 311 g/mol. The zero-order valence-electron chi connectivity index (χ0n) is 10.8. The van der Waals surface area contributed by atoms with Gasteiger partial charge in [-0.05, 0) is 53.4 Å². The molecular formula is C14H18BrNO2. The van der Waals surface area contributed by atoms with E-state index in [1.54, 1.807) is 7.11 Å². The number of aryl methyl sites for hydroxylation is 1. The number of halogens is 1. The van der Waals surface area contributed by atoms with Crippen molar-refractivity contribution < 1.29 is 9.53 Å². The smallest absolute Gasteiger partial charge is 0.255 e. The van der Waals surface area contributed by atoms with Crippen LogP contribution in [0.2, 0.25) is 0 Å². The van der Waals surface area contributed by atoms with E-state index in [1.807, 2.05) is 19.1 Å². The maximum atomic E-state index is 12.3. The minimum Gasteiger partial charge on any atom is -0.495 e. The fraction of sp³-hybridized carbons (Fsp3) is 0.500. The first-order valence-corrected chi connectivity index (χ1v) is 7.06. The molecule has 0 spiro atoms. The average molecular weight is 312 g/mol. The quantitative estimate of drug-likeness (QED) is 0.928. The molecule has 1 aromatic carbocycles. The normalized spacial score (nSPS) is 15.7. The lowest BCUT2D eigenvalue weighted by molar-refractivity contribution is 0.0934. The minimum atomic E-state index is -0.0387. The predicted molar refractivity (Wildman–Crippen MR) is 75.2 cm³/mol. The summed E-state index contributed by atoms with van der Waals surface area (Å²) in [6.45, 7) is 1.97. The molecule has 4 heteroatoms. The van der Waals surface area contributed by atoms with Crippen molar-refractivity contribution in [2.45, 2.75) is 38.6 Å². The van der Waals surface area contributed by atoms with E-state index < -0.39 is 0 Å². The molecule has 0 bridgehead atoms. The van der Waals surface area contributed by atoms with Gasteiger partial charge in [0.25, 0.3) is 5.91 Å². The van der Waals surface area contributed by atoms with Crippen LogP contribution in [0.4, 0.5) is 0 Å². The molecule has 3 nitrogen and oxygen atoms in total. The third-order valence-electron chi connectivity index (χ3n) is 3.33. The van der Waals surface area contributed by atoms with Gasteiger partial charge in [-0.15, -0.1) is 0 Å². The van der Waals surface area contributed by atoms with Gasteiger partial charge in [0.1, 0.15) is 5.75 Å². The number of hydrogen-bond donors (Lipinski definition) is 1. The zero-order valence-corrected chi connectivity index (χ0v) is 12.3. The first-order valence-electron chi connectivity index (χ1n) is 6.27. The molecule has 1 aliphatic carbocycles. The highest BCUT2D eigenvalue weighted by molar-refractivity contribution is 9.10. The van der Waals surface area contributed by atoms with Gasteiger partial charge in [0, 0.05) is 6.04 Å². The molecule has 0 saturated heterocycles. The third-order valence-corrected chi connectivity index (χ3v) is 3.92. The summed E-state index contributed by atoms with van der Waals surface area (Å²) in [5.41, 5.74) is 1.65. The molecule has 1 saturated carbocycles. The van der Waals surface area contributed by atoms with Crippen molar-refractivity contribution in [3.8, 4) is 5.75 Å². The Kier molecular flexibility index (Phi) is 4.27. The molecule has 1 aromatic rings. The molecule has 98 valence electrons. The maximum Gasteiger partial charge on any atom is 0.255 e. The number of carbonyl (C=O) groups is 1. The number of ether oxygens (including phenoxy) is 1. The van der Waals surface area contributed by atoms with Crippen LogP contribution in [0.1, 0.15) is 41.6 Å². The van der Waals surface area contributed by atoms with Crippen LogP contribution in [-0.4, -0.2) is 19.1 Å². The zero-order chi connectivity index (χ0) is 13.1. The average Bonchev–Trinajstić information content (AvgIpc) is 2.80. The van der Waals surface area contributed by atoms with E-state index in [4.69, 9.17) is 4.74 Å². The molecule has 1 N–H and O–H groups in total. The van der Waals surface area contributed by atoms with Crippen molar-refractivity contribution in [2.75, 3.05) is 7.11 Å². The fourth-order valence-electron chi connectivity index (χ4n) is 2.44. The van der Waals surface area contributed by atoms with E-state index in [0.717, 1.165) is 22.9 Å². The number of carbonyl (C=O) groups excluding carboxylic acids is 1. The molecule has 0 aromatic heterocycles. The molecule has 0 radical (unpaired) electrons. The van der Waals surface area contributed by atoms with Crippen molar-refractivity contribution in [1.82, 2.24) is 5.32 Å². The van der Waals surface area contributed by atoms with Gasteiger partial charge in [-0.3, -0.25) is 4.79 Å². The van der Waals surface area contributed by atoms with Crippen molar-refractivity contribution in [1.29, 1.82) is 0 Å². The van der Waals surface area contributed by atoms with Crippen LogP contribution < -0.4 is 10.1 Å². The molecule has 1 fully saturated rings. The Labute approximate surface area is 116 Å². The Morgan fingerprint density at radius 2 is 2.06 bits per heavy atom. The van der Waals surface area contributed by atoms with Gasteiger partial charge in [0.05, 0.1) is 17.1 Å². The van der Waals surface area contributed by atoms with Crippen molar-refractivity contribution in [3.05, 3.63) is 27.7 Å². The van der Waals surface area contributed by atoms with Gasteiger partial charge in [-0.1, -0.05) is 12.8 Å². The van der Waals surface area contributed by atoms with Crippen LogP contribution in [0, 0.1) is 6.92 Å². The number of hydrogen-bond acceptors (Lipinski definition) is 2. The highest BCUT2D eigenvalue weighted by Gasteiger charge is 2.21. The standard InChI is InChI=1S/C14H18BrNO2/c1-9-7-11(13(18-2)12(15)8-9)14(17)16-10-5-3-4-6-10/h7-8,10H,3-6H2,1-2H3,(H,16,17). The Balaban J connectivity index is 2.22. The molecule has 1 amide bonds. The molecule has 0 aliphatic heterocycles. The number of methoxy groups -OCH3 is 1. The van der Waals surface area contributed by atoms with Gasteiger partial charge >= 0.3 is 0 Å². The summed E-state index contributed by atoms with van der Waals surface area (Å²) >= 11 is 3.43. The number of amides is 1. The second kappa shape index (κ2) is 5.74. The van der Waals surface area contributed by atoms with E-state index in [2.05, 4.69) is 21.2 Å². The lowest BCUT2D eigenvalue weighted by atomic mass is 10.1. The summed E-state index contributed by atoms with van der Waals surface area (Å²) in [4.78, 5) is 12.3. The summed E-state index contributed by atoms with van der Waals surface area (Å²) in [5.74, 6) is 0.569. The van der Waals surface area contributed by atoms with Gasteiger partial charge in [0.2, 0.25) is 0 Å². The van der Waals surface area contributed by atoms with E-state index in [-0.39, 0.29) is 5.91 Å². The van der Waals surface area contributed by atoms with Crippen LogP contribution in [0.25, 0.3) is 0 Å². The SMILES string of the molecule is COc1c(Br)cc(C)cc1C(=O)NC1CCCC1. The fourth-order valence-corrected chi connectivity index (χ4v) is 3.17. The van der Waals surface area contributed by atoms with Crippen molar-refractivity contribution in [3.63, 3.8) is 0 Å². The highest BCUT2D eigenvalue weighted by atomic mass is 79.9. The first-order chi connectivity index (χ1) is 8.61. The van der Waals surface area contributed by atoms with Gasteiger partial charge in [0.15, 0.2) is 0 Å². The van der Waals surface area contributed by atoms with E-state index in [9.17, 15) is 4.79 Å². The molecule has 0 heterocycles. The summed E-state index contributed by atoms with van der Waals surface area (Å²) in [6.07, 6.45) is 4.58. The van der Waals surface area contributed by atoms with Crippen molar-refractivity contribution in [2.24, 2.45) is 0 Å².